The Kier molecular flexibility index (Phi) is 4.57. The number of methoxy groups -OCH3 is 1. The summed E-state index contributed by atoms with van der Waals surface area (Å²) in [6.07, 6.45) is 0. The Morgan fingerprint density at radius 1 is 1.16 bits per heavy atom. The van der Waals surface area contributed by atoms with Crippen molar-refractivity contribution >= 4 is 16.8 Å². The van der Waals surface area contributed by atoms with Crippen molar-refractivity contribution in [1.82, 2.24) is 9.88 Å². The van der Waals surface area contributed by atoms with Gasteiger partial charge in [0.25, 0.3) is 5.91 Å². The Bertz CT molecular complexity index is 992. The van der Waals surface area contributed by atoms with Gasteiger partial charge in [0.05, 0.1) is 12.7 Å². The molecule has 3 rings (SSSR count). The number of pyridine rings is 1. The number of rotatable bonds is 4. The van der Waals surface area contributed by atoms with E-state index in [-0.39, 0.29) is 11.5 Å². The Morgan fingerprint density at radius 2 is 1.92 bits per heavy atom. The molecule has 1 aromatic heterocycles. The summed E-state index contributed by atoms with van der Waals surface area (Å²) in [6.45, 7) is 2.39. The van der Waals surface area contributed by atoms with E-state index in [1.54, 1.807) is 25.1 Å². The van der Waals surface area contributed by atoms with E-state index in [0.717, 1.165) is 22.3 Å². The van der Waals surface area contributed by atoms with Gasteiger partial charge < -0.3 is 14.6 Å². The van der Waals surface area contributed by atoms with E-state index in [1.165, 1.54) is 6.07 Å². The SMILES string of the molecule is COc1ccc(C)cc1CN(C)C(=O)c1cc(=O)[nH]c2ccccc12. The highest BCUT2D eigenvalue weighted by atomic mass is 16.5. The molecule has 0 saturated carbocycles. The monoisotopic (exact) mass is 336 g/mol. The van der Waals surface area contributed by atoms with Crippen molar-refractivity contribution in [2.24, 2.45) is 0 Å². The molecule has 1 heterocycles. The molecular weight excluding hydrogens is 316 g/mol. The lowest BCUT2D eigenvalue weighted by molar-refractivity contribution is 0.0786. The first kappa shape index (κ1) is 16.8. The van der Waals surface area contributed by atoms with Crippen molar-refractivity contribution in [2.75, 3.05) is 14.2 Å². The summed E-state index contributed by atoms with van der Waals surface area (Å²) >= 11 is 0. The molecule has 0 radical (unpaired) electrons. The topological polar surface area (TPSA) is 62.4 Å². The van der Waals surface area contributed by atoms with Crippen molar-refractivity contribution in [2.45, 2.75) is 13.5 Å². The van der Waals surface area contributed by atoms with Crippen LogP contribution in [0.5, 0.6) is 5.75 Å². The quantitative estimate of drug-likeness (QED) is 0.796. The second-order valence-electron chi connectivity index (χ2n) is 6.07. The molecule has 0 aliphatic carbocycles. The smallest absolute Gasteiger partial charge is 0.254 e. The third-order valence-corrected chi connectivity index (χ3v) is 4.17. The van der Waals surface area contributed by atoms with Crippen molar-refractivity contribution in [3.63, 3.8) is 0 Å². The highest BCUT2D eigenvalue weighted by Crippen LogP contribution is 2.22. The molecule has 128 valence electrons. The molecule has 0 atom stereocenters. The Hall–Kier alpha value is -3.08. The van der Waals surface area contributed by atoms with Gasteiger partial charge in [-0.25, -0.2) is 0 Å². The molecule has 0 aliphatic heterocycles. The van der Waals surface area contributed by atoms with Gasteiger partial charge in [0.1, 0.15) is 5.75 Å². The lowest BCUT2D eigenvalue weighted by atomic mass is 10.1. The summed E-state index contributed by atoms with van der Waals surface area (Å²) in [6, 6.07) is 14.5. The number of nitrogens with zero attached hydrogens (tertiary/aromatic N) is 1. The molecule has 1 N–H and O–H groups in total. The molecule has 0 fully saturated rings. The highest BCUT2D eigenvalue weighted by Gasteiger charge is 2.17. The van der Waals surface area contributed by atoms with Crippen LogP contribution in [0.1, 0.15) is 21.5 Å². The Labute approximate surface area is 145 Å². The van der Waals surface area contributed by atoms with E-state index in [9.17, 15) is 9.59 Å². The Morgan fingerprint density at radius 3 is 2.68 bits per heavy atom. The number of nitrogens with one attached hydrogen (secondary N) is 1. The molecule has 2 aromatic carbocycles. The molecule has 1 amide bonds. The minimum absolute atomic E-state index is 0.203. The molecule has 0 unspecified atom stereocenters. The van der Waals surface area contributed by atoms with Gasteiger partial charge in [0.2, 0.25) is 5.56 Å². The van der Waals surface area contributed by atoms with Crippen LogP contribution in [0.2, 0.25) is 0 Å². The molecule has 5 nitrogen and oxygen atoms in total. The number of fused-ring (bicyclic) bond motifs is 1. The number of aryl methyl sites for hydroxylation is 1. The van der Waals surface area contributed by atoms with Crippen molar-refractivity contribution in [1.29, 1.82) is 0 Å². The molecule has 0 aliphatic rings. The molecule has 0 saturated heterocycles. The van der Waals surface area contributed by atoms with Crippen LogP contribution in [0.3, 0.4) is 0 Å². The fourth-order valence-corrected chi connectivity index (χ4v) is 2.95. The average molecular weight is 336 g/mol. The first-order valence-corrected chi connectivity index (χ1v) is 8.00. The van der Waals surface area contributed by atoms with Crippen LogP contribution < -0.4 is 10.3 Å². The van der Waals surface area contributed by atoms with Gasteiger partial charge in [0, 0.05) is 36.1 Å². The number of amides is 1. The maximum absolute atomic E-state index is 12.9. The fraction of sp³-hybridized carbons (Fsp3) is 0.200. The lowest BCUT2D eigenvalue weighted by Crippen LogP contribution is -2.28. The standard InChI is InChI=1S/C20H20N2O3/c1-13-8-9-18(25-3)14(10-13)12-22(2)20(24)16-11-19(23)21-17-7-5-4-6-15(16)17/h4-11H,12H2,1-3H3,(H,21,23). The third kappa shape index (κ3) is 3.40. The van der Waals surface area contributed by atoms with Crippen LogP contribution in [-0.4, -0.2) is 29.9 Å². The summed E-state index contributed by atoms with van der Waals surface area (Å²) in [5.74, 6) is 0.534. The second kappa shape index (κ2) is 6.81. The number of ether oxygens (including phenoxy) is 1. The minimum Gasteiger partial charge on any atom is -0.496 e. The number of hydrogen-bond acceptors (Lipinski definition) is 3. The van der Waals surface area contributed by atoms with Gasteiger partial charge in [0.15, 0.2) is 0 Å². The van der Waals surface area contributed by atoms with Crippen molar-refractivity contribution in [3.05, 3.63) is 75.6 Å². The van der Waals surface area contributed by atoms with Gasteiger partial charge in [-0.3, -0.25) is 9.59 Å². The number of aromatic amines is 1. The molecule has 0 bridgehead atoms. The van der Waals surface area contributed by atoms with Crippen LogP contribution >= 0.6 is 0 Å². The second-order valence-corrected chi connectivity index (χ2v) is 6.07. The number of aromatic nitrogens is 1. The zero-order chi connectivity index (χ0) is 18.0. The van der Waals surface area contributed by atoms with Gasteiger partial charge in [-0.15, -0.1) is 0 Å². The van der Waals surface area contributed by atoms with Crippen LogP contribution in [0.15, 0.2) is 53.3 Å². The molecule has 3 aromatic rings. The van der Waals surface area contributed by atoms with E-state index < -0.39 is 0 Å². The predicted octanol–water partition coefficient (Wildman–Crippen LogP) is 3.12. The van der Waals surface area contributed by atoms with E-state index in [4.69, 9.17) is 4.74 Å². The zero-order valence-corrected chi connectivity index (χ0v) is 14.5. The van der Waals surface area contributed by atoms with Gasteiger partial charge in [-0.05, 0) is 19.1 Å². The number of H-pyrrole nitrogens is 1. The maximum Gasteiger partial charge on any atom is 0.254 e. The van der Waals surface area contributed by atoms with Gasteiger partial charge in [-0.1, -0.05) is 35.9 Å². The van der Waals surface area contributed by atoms with E-state index in [0.29, 0.717) is 17.6 Å². The van der Waals surface area contributed by atoms with Crippen LogP contribution in [0, 0.1) is 6.92 Å². The number of carbonyl (C=O) groups excluding carboxylic acids is 1. The van der Waals surface area contributed by atoms with E-state index >= 15 is 0 Å². The van der Waals surface area contributed by atoms with Gasteiger partial charge >= 0.3 is 0 Å². The third-order valence-electron chi connectivity index (χ3n) is 4.17. The number of benzene rings is 2. The summed E-state index contributed by atoms with van der Waals surface area (Å²) < 4.78 is 5.38. The van der Waals surface area contributed by atoms with Crippen molar-refractivity contribution in [3.8, 4) is 5.75 Å². The lowest BCUT2D eigenvalue weighted by Gasteiger charge is -2.20. The largest absolute Gasteiger partial charge is 0.496 e. The van der Waals surface area contributed by atoms with Gasteiger partial charge in [-0.2, -0.15) is 0 Å². The first-order valence-electron chi connectivity index (χ1n) is 8.00. The Balaban J connectivity index is 1.96. The molecule has 5 heteroatoms. The van der Waals surface area contributed by atoms with Crippen LogP contribution in [0.4, 0.5) is 0 Å². The zero-order valence-electron chi connectivity index (χ0n) is 14.5. The highest BCUT2D eigenvalue weighted by molar-refractivity contribution is 6.05. The number of para-hydroxylation sites is 1. The number of carbonyl (C=O) groups is 1. The average Bonchev–Trinajstić information content (AvgIpc) is 2.60. The summed E-state index contributed by atoms with van der Waals surface area (Å²) in [7, 11) is 3.33. The van der Waals surface area contributed by atoms with E-state index in [2.05, 4.69) is 4.98 Å². The minimum atomic E-state index is -0.288. The van der Waals surface area contributed by atoms with Crippen LogP contribution in [0.25, 0.3) is 10.9 Å². The molecule has 0 spiro atoms. The predicted molar refractivity (Wildman–Crippen MR) is 98.1 cm³/mol. The summed E-state index contributed by atoms with van der Waals surface area (Å²) in [5.41, 5.74) is 2.78. The summed E-state index contributed by atoms with van der Waals surface area (Å²) in [5, 5.41) is 0.732. The summed E-state index contributed by atoms with van der Waals surface area (Å²) in [4.78, 5) is 29.2. The van der Waals surface area contributed by atoms with E-state index in [1.807, 2.05) is 43.3 Å². The first-order chi connectivity index (χ1) is 12.0. The molecular formula is C20H20N2O3. The molecule has 25 heavy (non-hydrogen) atoms. The van der Waals surface area contributed by atoms with Crippen molar-refractivity contribution < 1.29 is 9.53 Å². The van der Waals surface area contributed by atoms with Crippen LogP contribution in [-0.2, 0) is 6.54 Å². The fourth-order valence-electron chi connectivity index (χ4n) is 2.95. The number of hydrogen-bond donors (Lipinski definition) is 1. The maximum atomic E-state index is 12.9. The normalized spacial score (nSPS) is 10.7.